The fourth-order valence-corrected chi connectivity index (χ4v) is 2.31. The van der Waals surface area contributed by atoms with Crippen molar-refractivity contribution in [1.82, 2.24) is 0 Å². The van der Waals surface area contributed by atoms with E-state index in [0.29, 0.717) is 6.42 Å². The van der Waals surface area contributed by atoms with E-state index >= 15 is 0 Å². The molecule has 6 nitrogen and oxygen atoms in total. The third-order valence-corrected chi connectivity index (χ3v) is 3.31. The Morgan fingerprint density at radius 3 is 2.27 bits per heavy atom. The number of hydrogen-bond donors (Lipinski definition) is 1. The number of amidine groups is 1. The Labute approximate surface area is 86.9 Å². The number of methoxy groups -OCH3 is 2. The Hall–Kier alpha value is -1.63. The summed E-state index contributed by atoms with van der Waals surface area (Å²) in [5.74, 6) is -1.31. The lowest BCUT2D eigenvalue weighted by atomic mass is 9.94. The van der Waals surface area contributed by atoms with Crippen LogP contribution >= 0.6 is 0 Å². The molecule has 78 valence electrons. The highest BCUT2D eigenvalue weighted by atomic mass is 16.7. The molecular formula is C9H10N4O2. The van der Waals surface area contributed by atoms with Gasteiger partial charge in [-0.2, -0.15) is 10.5 Å². The summed E-state index contributed by atoms with van der Waals surface area (Å²) in [4.78, 5) is 3.98. The molecule has 15 heavy (non-hydrogen) atoms. The zero-order valence-corrected chi connectivity index (χ0v) is 8.44. The van der Waals surface area contributed by atoms with Crippen molar-refractivity contribution in [3.8, 4) is 12.1 Å². The second-order valence-corrected chi connectivity index (χ2v) is 3.70. The van der Waals surface area contributed by atoms with Crippen LogP contribution in [0.1, 0.15) is 6.42 Å². The van der Waals surface area contributed by atoms with Crippen molar-refractivity contribution in [1.29, 1.82) is 10.5 Å². The maximum absolute atomic E-state index is 9.19. The van der Waals surface area contributed by atoms with Crippen LogP contribution in [0.4, 0.5) is 0 Å². The number of nitrogens with two attached hydrogens (primary N) is 1. The molecule has 0 radical (unpaired) electrons. The lowest BCUT2D eigenvalue weighted by Crippen LogP contribution is -2.40. The van der Waals surface area contributed by atoms with Crippen molar-refractivity contribution in [2.75, 3.05) is 14.2 Å². The highest BCUT2D eigenvalue weighted by Gasteiger charge is 2.86. The van der Waals surface area contributed by atoms with Gasteiger partial charge in [-0.3, -0.25) is 0 Å². The van der Waals surface area contributed by atoms with Crippen LogP contribution in [-0.4, -0.2) is 26.0 Å². The summed E-state index contributed by atoms with van der Waals surface area (Å²) in [6.07, 6.45) is 0.310. The van der Waals surface area contributed by atoms with Gasteiger partial charge in [0.1, 0.15) is 11.3 Å². The van der Waals surface area contributed by atoms with Crippen LogP contribution in [0.2, 0.25) is 0 Å². The monoisotopic (exact) mass is 206 g/mol. The Bertz CT molecular complexity index is 428. The van der Waals surface area contributed by atoms with E-state index < -0.39 is 16.7 Å². The number of hydrogen-bond acceptors (Lipinski definition) is 6. The van der Waals surface area contributed by atoms with E-state index in [0.717, 1.165) is 0 Å². The zero-order valence-electron chi connectivity index (χ0n) is 8.44. The molecule has 0 aromatic carbocycles. The molecule has 0 saturated heterocycles. The molecule has 1 fully saturated rings. The van der Waals surface area contributed by atoms with Gasteiger partial charge in [-0.05, 0) is 0 Å². The fourth-order valence-electron chi connectivity index (χ4n) is 2.31. The van der Waals surface area contributed by atoms with Gasteiger partial charge in [0, 0.05) is 20.6 Å². The fraction of sp³-hybridized carbons (Fsp3) is 0.667. The molecule has 1 aliphatic carbocycles. The predicted octanol–water partition coefficient (Wildman–Crippen LogP) is -0.273. The molecule has 2 atom stereocenters. The van der Waals surface area contributed by atoms with Crippen LogP contribution in [0.5, 0.6) is 0 Å². The number of nitrogens with zero attached hydrogens (tertiary/aromatic N) is 3. The Morgan fingerprint density at radius 2 is 1.93 bits per heavy atom. The maximum atomic E-state index is 9.19. The molecule has 0 amide bonds. The van der Waals surface area contributed by atoms with Crippen molar-refractivity contribution >= 4 is 5.84 Å². The lowest BCUT2D eigenvalue weighted by molar-refractivity contribution is -0.229. The van der Waals surface area contributed by atoms with Crippen LogP contribution in [-0.2, 0) is 9.47 Å². The predicted molar refractivity (Wildman–Crippen MR) is 49.1 cm³/mol. The SMILES string of the molecule is COC1(OC)N=C(N)[C@@]2(C#N)C[C@@]12C#N. The van der Waals surface area contributed by atoms with Crippen molar-refractivity contribution in [3.63, 3.8) is 0 Å². The summed E-state index contributed by atoms with van der Waals surface area (Å²) in [5, 5.41) is 18.3. The first-order valence-electron chi connectivity index (χ1n) is 4.36. The van der Waals surface area contributed by atoms with Gasteiger partial charge in [0.2, 0.25) is 0 Å². The largest absolute Gasteiger partial charge is 0.386 e. The topological polar surface area (TPSA) is 104 Å². The first kappa shape index (κ1) is 9.91. The van der Waals surface area contributed by atoms with Crippen LogP contribution in [0, 0.1) is 33.5 Å². The van der Waals surface area contributed by atoms with Gasteiger partial charge in [0.05, 0.1) is 12.1 Å². The Balaban J connectivity index is 2.59. The van der Waals surface area contributed by atoms with E-state index in [1.54, 1.807) is 0 Å². The van der Waals surface area contributed by atoms with Gasteiger partial charge in [0.15, 0.2) is 5.41 Å². The quantitative estimate of drug-likeness (QED) is 0.626. The number of ether oxygens (including phenoxy) is 2. The standard InChI is InChI=1S/C9H10N4O2/c1-14-9(15-2)8(5-11)3-7(8,4-10)6(12)13-9/h3H2,1-2H3,(H2,12,13)/t7-,8-/m0/s1. The average Bonchev–Trinajstić information content (AvgIpc) is 2.92. The van der Waals surface area contributed by atoms with E-state index in [9.17, 15) is 5.26 Å². The number of rotatable bonds is 2. The lowest BCUT2D eigenvalue weighted by Gasteiger charge is -2.27. The van der Waals surface area contributed by atoms with Gasteiger partial charge < -0.3 is 15.2 Å². The second kappa shape index (κ2) is 2.48. The van der Waals surface area contributed by atoms with Crippen molar-refractivity contribution in [2.45, 2.75) is 12.3 Å². The highest BCUT2D eigenvalue weighted by Crippen LogP contribution is 2.73. The first-order chi connectivity index (χ1) is 7.08. The number of fused-ring (bicyclic) bond motifs is 1. The first-order valence-corrected chi connectivity index (χ1v) is 4.36. The molecule has 2 N–H and O–H groups in total. The van der Waals surface area contributed by atoms with Crippen molar-refractivity contribution in [2.24, 2.45) is 21.6 Å². The van der Waals surface area contributed by atoms with Gasteiger partial charge in [-0.25, -0.2) is 4.99 Å². The Kier molecular flexibility index (Phi) is 1.64. The smallest absolute Gasteiger partial charge is 0.292 e. The van der Waals surface area contributed by atoms with Crippen molar-refractivity contribution in [3.05, 3.63) is 0 Å². The van der Waals surface area contributed by atoms with Gasteiger partial charge in [-0.1, -0.05) is 0 Å². The van der Waals surface area contributed by atoms with Crippen LogP contribution < -0.4 is 5.73 Å². The maximum Gasteiger partial charge on any atom is 0.292 e. The van der Waals surface area contributed by atoms with E-state index in [1.165, 1.54) is 14.2 Å². The summed E-state index contributed by atoms with van der Waals surface area (Å²) in [5.41, 5.74) is 3.54. The van der Waals surface area contributed by atoms with E-state index in [1.807, 2.05) is 6.07 Å². The molecule has 0 bridgehead atoms. The number of nitriles is 2. The zero-order chi connectivity index (χ0) is 11.3. The molecule has 0 aromatic rings. The van der Waals surface area contributed by atoms with Crippen LogP contribution in [0.25, 0.3) is 0 Å². The molecule has 2 rings (SSSR count). The van der Waals surface area contributed by atoms with Crippen molar-refractivity contribution < 1.29 is 9.47 Å². The minimum atomic E-state index is -1.43. The minimum Gasteiger partial charge on any atom is -0.386 e. The summed E-state index contributed by atoms with van der Waals surface area (Å²) in [7, 11) is 2.76. The highest BCUT2D eigenvalue weighted by molar-refractivity contribution is 5.97. The molecule has 6 heteroatoms. The van der Waals surface area contributed by atoms with E-state index in [2.05, 4.69) is 11.1 Å². The molecule has 1 aliphatic heterocycles. The third-order valence-electron chi connectivity index (χ3n) is 3.31. The molecule has 0 unspecified atom stereocenters. The molecule has 2 aliphatic rings. The van der Waals surface area contributed by atoms with E-state index in [-0.39, 0.29) is 5.84 Å². The average molecular weight is 206 g/mol. The van der Waals surface area contributed by atoms with Crippen LogP contribution in [0.3, 0.4) is 0 Å². The molecule has 1 saturated carbocycles. The second-order valence-electron chi connectivity index (χ2n) is 3.70. The summed E-state index contributed by atoms with van der Waals surface area (Å²) >= 11 is 0. The molecule has 0 spiro atoms. The summed E-state index contributed by atoms with van der Waals surface area (Å²) < 4.78 is 10.3. The van der Waals surface area contributed by atoms with Gasteiger partial charge >= 0.3 is 0 Å². The molecular weight excluding hydrogens is 196 g/mol. The van der Waals surface area contributed by atoms with Gasteiger partial charge in [0.25, 0.3) is 5.91 Å². The summed E-state index contributed by atoms with van der Waals surface area (Å²) in [6, 6.07) is 4.10. The number of aliphatic imine (C=N–C) groups is 1. The molecule has 0 aromatic heterocycles. The van der Waals surface area contributed by atoms with E-state index in [4.69, 9.17) is 20.5 Å². The van der Waals surface area contributed by atoms with Crippen LogP contribution in [0.15, 0.2) is 4.99 Å². The normalized spacial score (nSPS) is 39.9. The minimum absolute atomic E-state index is 0.121. The van der Waals surface area contributed by atoms with Gasteiger partial charge in [-0.15, -0.1) is 0 Å². The Morgan fingerprint density at radius 1 is 1.33 bits per heavy atom. The summed E-state index contributed by atoms with van der Waals surface area (Å²) in [6.45, 7) is 0. The molecule has 1 heterocycles. The third kappa shape index (κ3) is 0.707.